The monoisotopic (exact) mass is 377 g/mol. The number of aromatic nitrogens is 3. The fourth-order valence-corrected chi connectivity index (χ4v) is 4.53. The van der Waals surface area contributed by atoms with Crippen LogP contribution in [0, 0.1) is 0 Å². The second-order valence-electron chi connectivity index (χ2n) is 5.26. The Hall–Kier alpha value is -2.06. The van der Waals surface area contributed by atoms with E-state index < -0.39 is 10.0 Å². The van der Waals surface area contributed by atoms with Crippen molar-refractivity contribution in [3.05, 3.63) is 42.1 Å². The van der Waals surface area contributed by atoms with Gasteiger partial charge in [-0.05, 0) is 37.8 Å². The maximum absolute atomic E-state index is 13.2. The topological polar surface area (TPSA) is 74.1 Å². The standard InChI is InChI=1S/C17H19N3O3S2/c1-4-12-11-14-15(18-17(24-3)19-16(14)23-5-2)20(12)25(21,22)13-9-7-6-8-10-13/h6-11H,4-5H2,1-3H3. The molecule has 0 amide bonds. The largest absolute Gasteiger partial charge is 0.477 e. The normalized spacial score (nSPS) is 11.8. The molecule has 0 saturated carbocycles. The number of hydrogen-bond acceptors (Lipinski definition) is 6. The number of benzene rings is 1. The third-order valence-corrected chi connectivity index (χ3v) is 6.05. The lowest BCUT2D eigenvalue weighted by Crippen LogP contribution is -2.16. The molecule has 2 aromatic heterocycles. The van der Waals surface area contributed by atoms with Crippen molar-refractivity contribution in [3.63, 3.8) is 0 Å². The van der Waals surface area contributed by atoms with Gasteiger partial charge >= 0.3 is 0 Å². The maximum atomic E-state index is 13.2. The zero-order valence-corrected chi connectivity index (χ0v) is 15.9. The van der Waals surface area contributed by atoms with Crippen molar-refractivity contribution in [2.45, 2.75) is 30.3 Å². The van der Waals surface area contributed by atoms with Crippen molar-refractivity contribution in [1.29, 1.82) is 0 Å². The first-order chi connectivity index (χ1) is 12.0. The molecule has 2 heterocycles. The maximum Gasteiger partial charge on any atom is 0.269 e. The van der Waals surface area contributed by atoms with E-state index in [9.17, 15) is 8.42 Å². The van der Waals surface area contributed by atoms with Gasteiger partial charge in [0, 0.05) is 5.69 Å². The molecule has 25 heavy (non-hydrogen) atoms. The smallest absolute Gasteiger partial charge is 0.269 e. The van der Waals surface area contributed by atoms with Crippen molar-refractivity contribution in [3.8, 4) is 5.88 Å². The molecule has 3 aromatic rings. The summed E-state index contributed by atoms with van der Waals surface area (Å²) < 4.78 is 33.4. The van der Waals surface area contributed by atoms with Gasteiger partial charge in [-0.1, -0.05) is 36.9 Å². The second-order valence-corrected chi connectivity index (χ2v) is 7.82. The molecule has 8 heteroatoms. The van der Waals surface area contributed by atoms with Crippen LogP contribution >= 0.6 is 11.8 Å². The molecule has 0 spiro atoms. The quantitative estimate of drug-likeness (QED) is 0.484. The summed E-state index contributed by atoms with van der Waals surface area (Å²) in [4.78, 5) is 9.05. The van der Waals surface area contributed by atoms with E-state index in [0.29, 0.717) is 40.8 Å². The van der Waals surface area contributed by atoms with Crippen LogP contribution in [0.25, 0.3) is 11.0 Å². The highest BCUT2D eigenvalue weighted by atomic mass is 32.2. The molecule has 132 valence electrons. The first kappa shape index (κ1) is 17.8. The fraction of sp³-hybridized carbons (Fsp3) is 0.294. The molecule has 0 fully saturated rings. The first-order valence-electron chi connectivity index (χ1n) is 7.92. The van der Waals surface area contributed by atoms with E-state index in [1.165, 1.54) is 15.7 Å². The summed E-state index contributed by atoms with van der Waals surface area (Å²) in [5.74, 6) is 0.411. The van der Waals surface area contributed by atoms with Gasteiger partial charge in [-0.25, -0.2) is 17.4 Å². The average molecular weight is 377 g/mol. The molecule has 0 aliphatic carbocycles. The molecule has 0 radical (unpaired) electrons. The van der Waals surface area contributed by atoms with Crippen LogP contribution in [0.15, 0.2) is 46.5 Å². The van der Waals surface area contributed by atoms with Crippen LogP contribution < -0.4 is 4.74 Å². The Bertz CT molecular complexity index is 999. The number of thioether (sulfide) groups is 1. The molecule has 1 aromatic carbocycles. The van der Waals surface area contributed by atoms with Crippen LogP contribution in [0.2, 0.25) is 0 Å². The van der Waals surface area contributed by atoms with Crippen LogP contribution in [0.1, 0.15) is 19.5 Å². The molecule has 0 atom stereocenters. The van der Waals surface area contributed by atoms with Gasteiger partial charge in [0.1, 0.15) is 0 Å². The van der Waals surface area contributed by atoms with Gasteiger partial charge in [-0.2, -0.15) is 4.98 Å². The Balaban J connectivity index is 2.36. The van der Waals surface area contributed by atoms with Crippen LogP contribution in [0.4, 0.5) is 0 Å². The summed E-state index contributed by atoms with van der Waals surface area (Å²) >= 11 is 1.35. The summed E-state index contributed by atoms with van der Waals surface area (Å²) in [6, 6.07) is 10.2. The molecule has 0 N–H and O–H groups in total. The van der Waals surface area contributed by atoms with Crippen molar-refractivity contribution in [2.24, 2.45) is 0 Å². The summed E-state index contributed by atoms with van der Waals surface area (Å²) in [6.07, 6.45) is 2.39. The van der Waals surface area contributed by atoms with E-state index >= 15 is 0 Å². The van der Waals surface area contributed by atoms with E-state index in [1.54, 1.807) is 36.4 Å². The SMILES string of the molecule is CCOc1nc(SC)nc2c1cc(CC)n2S(=O)(=O)c1ccccc1. The molecule has 0 aliphatic rings. The lowest BCUT2D eigenvalue weighted by molar-refractivity contribution is 0.328. The van der Waals surface area contributed by atoms with Crippen molar-refractivity contribution in [2.75, 3.05) is 12.9 Å². The summed E-state index contributed by atoms with van der Waals surface area (Å²) in [5.41, 5.74) is 0.996. The van der Waals surface area contributed by atoms with E-state index in [1.807, 2.05) is 20.1 Å². The number of fused-ring (bicyclic) bond motifs is 1. The van der Waals surface area contributed by atoms with E-state index in [-0.39, 0.29) is 4.90 Å². The van der Waals surface area contributed by atoms with Crippen LogP contribution in [0.5, 0.6) is 5.88 Å². The lowest BCUT2D eigenvalue weighted by Gasteiger charge is -2.11. The van der Waals surface area contributed by atoms with Gasteiger partial charge in [-0.15, -0.1) is 0 Å². The molecule has 0 bridgehead atoms. The van der Waals surface area contributed by atoms with E-state index in [4.69, 9.17) is 4.74 Å². The molecule has 0 aliphatic heterocycles. The molecule has 0 saturated heterocycles. The van der Waals surface area contributed by atoms with Gasteiger partial charge < -0.3 is 4.74 Å². The Morgan fingerprint density at radius 3 is 2.48 bits per heavy atom. The second kappa shape index (κ2) is 7.05. The third kappa shape index (κ3) is 3.11. The highest BCUT2D eigenvalue weighted by Crippen LogP contribution is 2.31. The van der Waals surface area contributed by atoms with Crippen molar-refractivity contribution < 1.29 is 13.2 Å². The van der Waals surface area contributed by atoms with Crippen molar-refractivity contribution >= 4 is 32.8 Å². The van der Waals surface area contributed by atoms with Gasteiger partial charge in [-0.3, -0.25) is 0 Å². The predicted octanol–water partition coefficient (Wildman–Crippen LogP) is 3.35. The molecule has 3 rings (SSSR count). The Morgan fingerprint density at radius 2 is 1.88 bits per heavy atom. The summed E-state index contributed by atoms with van der Waals surface area (Å²) in [5, 5.41) is 1.08. The van der Waals surface area contributed by atoms with E-state index in [0.717, 1.165) is 0 Å². The van der Waals surface area contributed by atoms with Gasteiger partial charge in [0.2, 0.25) is 5.88 Å². The number of hydrogen-bond donors (Lipinski definition) is 0. The molecule has 6 nitrogen and oxygen atoms in total. The van der Waals surface area contributed by atoms with Crippen molar-refractivity contribution in [1.82, 2.24) is 13.9 Å². The van der Waals surface area contributed by atoms with Gasteiger partial charge in [0.25, 0.3) is 10.0 Å². The van der Waals surface area contributed by atoms with Gasteiger partial charge in [0.05, 0.1) is 16.9 Å². The zero-order valence-electron chi connectivity index (χ0n) is 14.3. The number of aryl methyl sites for hydroxylation is 1. The third-order valence-electron chi connectivity index (χ3n) is 3.74. The highest BCUT2D eigenvalue weighted by molar-refractivity contribution is 7.98. The number of nitrogens with zero attached hydrogens (tertiary/aromatic N) is 3. The molecular formula is C17H19N3O3S2. The summed E-state index contributed by atoms with van der Waals surface area (Å²) in [6.45, 7) is 4.22. The Morgan fingerprint density at radius 1 is 1.16 bits per heavy atom. The predicted molar refractivity (Wildman–Crippen MR) is 98.9 cm³/mol. The first-order valence-corrected chi connectivity index (χ1v) is 10.6. The van der Waals surface area contributed by atoms with Gasteiger partial charge in [0.15, 0.2) is 10.8 Å². The zero-order chi connectivity index (χ0) is 18.0. The highest BCUT2D eigenvalue weighted by Gasteiger charge is 2.25. The minimum absolute atomic E-state index is 0.226. The van der Waals surface area contributed by atoms with Crippen LogP contribution in [-0.2, 0) is 16.4 Å². The Labute approximate surface area is 151 Å². The number of ether oxygens (including phenoxy) is 1. The fourth-order valence-electron chi connectivity index (χ4n) is 2.61. The molecule has 0 unspecified atom stereocenters. The van der Waals surface area contributed by atoms with Crippen LogP contribution in [0.3, 0.4) is 0 Å². The Kier molecular flexibility index (Phi) is 5.01. The number of rotatable bonds is 6. The van der Waals surface area contributed by atoms with E-state index in [2.05, 4.69) is 9.97 Å². The average Bonchev–Trinajstić information content (AvgIpc) is 3.02. The van der Waals surface area contributed by atoms with Crippen LogP contribution in [-0.4, -0.2) is 35.2 Å². The minimum Gasteiger partial charge on any atom is -0.477 e. The lowest BCUT2D eigenvalue weighted by atomic mass is 10.3. The summed E-state index contributed by atoms with van der Waals surface area (Å²) in [7, 11) is -3.76. The minimum atomic E-state index is -3.76. The molecular weight excluding hydrogens is 358 g/mol.